The predicted molar refractivity (Wildman–Crippen MR) is 145 cm³/mol. The highest BCUT2D eigenvalue weighted by molar-refractivity contribution is 9.10. The zero-order valence-electron chi connectivity index (χ0n) is 19.8. The van der Waals surface area contributed by atoms with Gasteiger partial charge in [0.1, 0.15) is 18.0 Å². The second-order valence-electron chi connectivity index (χ2n) is 7.89. The fourth-order valence-corrected chi connectivity index (χ4v) is 4.51. The van der Waals surface area contributed by atoms with Crippen molar-refractivity contribution in [2.45, 2.75) is 13.5 Å². The number of nitro groups is 1. The topological polar surface area (TPSA) is 111 Å². The van der Waals surface area contributed by atoms with E-state index in [0.29, 0.717) is 27.1 Å². The molecule has 9 nitrogen and oxygen atoms in total. The van der Waals surface area contributed by atoms with Crippen LogP contribution in [0.2, 0.25) is 0 Å². The number of non-ortho nitro benzene ring substituents is 1. The van der Waals surface area contributed by atoms with Gasteiger partial charge in [0.25, 0.3) is 17.5 Å². The van der Waals surface area contributed by atoms with Crippen molar-refractivity contribution < 1.29 is 28.4 Å². The van der Waals surface area contributed by atoms with Gasteiger partial charge in [-0.15, -0.1) is 0 Å². The van der Waals surface area contributed by atoms with E-state index in [1.807, 2.05) is 0 Å². The van der Waals surface area contributed by atoms with E-state index in [2.05, 4.69) is 21.2 Å². The normalized spacial score (nSPS) is 14.4. The molecule has 0 aliphatic carbocycles. The Morgan fingerprint density at radius 3 is 2.61 bits per heavy atom. The number of hydrogen-bond donors (Lipinski definition) is 1. The highest BCUT2D eigenvalue weighted by Gasteiger charge is 2.35. The first-order valence-electron chi connectivity index (χ1n) is 11.2. The van der Waals surface area contributed by atoms with Gasteiger partial charge < -0.3 is 9.47 Å². The maximum atomic E-state index is 14.4. The van der Waals surface area contributed by atoms with Crippen molar-refractivity contribution in [2.24, 2.45) is 0 Å². The average Bonchev–Trinajstić information content (AvgIpc) is 2.87. The lowest BCUT2D eigenvalue weighted by Gasteiger charge is -2.29. The first-order valence-corrected chi connectivity index (χ1v) is 12.4. The largest absolute Gasteiger partial charge is 0.490 e. The highest BCUT2D eigenvalue weighted by atomic mass is 79.9. The van der Waals surface area contributed by atoms with E-state index in [0.717, 1.165) is 4.90 Å². The number of halogens is 2. The van der Waals surface area contributed by atoms with Crippen molar-refractivity contribution in [3.63, 3.8) is 0 Å². The van der Waals surface area contributed by atoms with E-state index in [1.165, 1.54) is 36.4 Å². The third-order valence-electron chi connectivity index (χ3n) is 5.34. The van der Waals surface area contributed by atoms with Gasteiger partial charge in [0.15, 0.2) is 16.6 Å². The minimum atomic E-state index is -0.788. The Hall–Kier alpha value is -4.16. The molecule has 0 spiro atoms. The number of hydrogen-bond acceptors (Lipinski definition) is 7. The summed E-state index contributed by atoms with van der Waals surface area (Å²) >= 11 is 8.56. The number of para-hydroxylation sites is 1. The molecule has 194 valence electrons. The van der Waals surface area contributed by atoms with E-state index < -0.39 is 22.6 Å². The van der Waals surface area contributed by atoms with E-state index in [1.54, 1.807) is 37.3 Å². The van der Waals surface area contributed by atoms with Gasteiger partial charge in [0.2, 0.25) is 0 Å². The van der Waals surface area contributed by atoms with E-state index >= 15 is 0 Å². The smallest absolute Gasteiger partial charge is 0.270 e. The van der Waals surface area contributed by atoms with Crippen molar-refractivity contribution in [3.8, 4) is 11.5 Å². The average molecular weight is 600 g/mol. The summed E-state index contributed by atoms with van der Waals surface area (Å²) in [6.07, 6.45) is 1.34. The minimum absolute atomic E-state index is 0.0245. The number of nitrogens with zero attached hydrogens (tertiary/aromatic N) is 2. The number of nitrogens with one attached hydrogen (secondary N) is 1. The molecule has 3 aromatic rings. The minimum Gasteiger partial charge on any atom is -0.490 e. The molecular formula is C26H19BrFN3O6S. The molecule has 0 unspecified atom stereocenters. The summed E-state index contributed by atoms with van der Waals surface area (Å²) in [7, 11) is 0. The number of thiocarbonyl (C=S) groups is 1. The molecule has 0 bridgehead atoms. The van der Waals surface area contributed by atoms with Crippen molar-refractivity contribution in [1.82, 2.24) is 5.32 Å². The van der Waals surface area contributed by atoms with E-state index in [4.69, 9.17) is 21.7 Å². The van der Waals surface area contributed by atoms with Crippen LogP contribution in [0.1, 0.15) is 18.1 Å². The lowest BCUT2D eigenvalue weighted by Crippen LogP contribution is -2.54. The Labute approximate surface area is 230 Å². The molecule has 3 aromatic carbocycles. The summed E-state index contributed by atoms with van der Waals surface area (Å²) in [5.74, 6) is -1.56. The lowest BCUT2D eigenvalue weighted by molar-refractivity contribution is -0.384. The molecule has 2 amide bonds. The standard InChI is InChI=1S/C26H19BrFN3O6S/c1-2-36-22-13-16(12-19(27)23(22)37-14-15-6-5-7-17(10-15)31(34)35)11-18-24(32)29-26(38)30(25(18)33)21-9-4-3-8-20(21)28/h3-13H,2,14H2,1H3,(H,29,32,38)/b18-11+. The number of anilines is 1. The number of benzene rings is 3. The molecule has 0 radical (unpaired) electrons. The number of carbonyl (C=O) groups is 2. The quantitative estimate of drug-likeness (QED) is 0.123. The van der Waals surface area contributed by atoms with Crippen LogP contribution >= 0.6 is 28.1 Å². The summed E-state index contributed by atoms with van der Waals surface area (Å²) in [5.41, 5.74) is 0.587. The third-order valence-corrected chi connectivity index (χ3v) is 6.22. The Morgan fingerprint density at radius 1 is 1.13 bits per heavy atom. The van der Waals surface area contributed by atoms with Gasteiger partial charge in [-0.2, -0.15) is 0 Å². The molecule has 0 saturated carbocycles. The summed E-state index contributed by atoms with van der Waals surface area (Å²) in [6, 6.07) is 14.8. The van der Waals surface area contributed by atoms with Crippen LogP contribution in [0.15, 0.2) is 70.7 Å². The Kier molecular flexibility index (Phi) is 8.13. The van der Waals surface area contributed by atoms with E-state index in [9.17, 15) is 24.1 Å². The monoisotopic (exact) mass is 599 g/mol. The number of carbonyl (C=O) groups excluding carboxylic acids is 2. The second kappa shape index (κ2) is 11.5. The second-order valence-corrected chi connectivity index (χ2v) is 9.13. The van der Waals surface area contributed by atoms with Gasteiger partial charge in [-0.3, -0.25) is 25.0 Å². The Bertz CT molecular complexity index is 1500. The van der Waals surface area contributed by atoms with E-state index in [-0.39, 0.29) is 35.3 Å². The number of amides is 2. The first kappa shape index (κ1) is 26.9. The van der Waals surface area contributed by atoms with Gasteiger partial charge in [-0.1, -0.05) is 24.3 Å². The van der Waals surface area contributed by atoms with Crippen LogP contribution in [0.3, 0.4) is 0 Å². The zero-order valence-corrected chi connectivity index (χ0v) is 22.2. The Morgan fingerprint density at radius 2 is 1.89 bits per heavy atom. The maximum Gasteiger partial charge on any atom is 0.270 e. The Balaban J connectivity index is 1.66. The van der Waals surface area contributed by atoms with Crippen LogP contribution in [0.5, 0.6) is 11.5 Å². The van der Waals surface area contributed by atoms with Crippen LogP contribution in [0.25, 0.3) is 6.08 Å². The molecule has 12 heteroatoms. The van der Waals surface area contributed by atoms with Crippen LogP contribution in [0, 0.1) is 15.9 Å². The van der Waals surface area contributed by atoms with Crippen LogP contribution in [-0.2, 0) is 16.2 Å². The van der Waals surface area contributed by atoms with Crippen molar-refractivity contribution in [1.29, 1.82) is 0 Å². The van der Waals surface area contributed by atoms with Crippen LogP contribution in [0.4, 0.5) is 15.8 Å². The molecule has 1 aliphatic rings. The number of nitro benzene ring substituents is 1. The van der Waals surface area contributed by atoms with Crippen molar-refractivity contribution >= 4 is 62.5 Å². The maximum absolute atomic E-state index is 14.4. The summed E-state index contributed by atoms with van der Waals surface area (Å²) < 4.78 is 26.5. The van der Waals surface area contributed by atoms with Crippen LogP contribution < -0.4 is 19.7 Å². The van der Waals surface area contributed by atoms with Crippen molar-refractivity contribution in [3.05, 3.63) is 97.8 Å². The number of ether oxygens (including phenoxy) is 2. The first-order chi connectivity index (χ1) is 18.2. The molecular weight excluding hydrogens is 581 g/mol. The molecule has 0 atom stereocenters. The third kappa shape index (κ3) is 5.71. The van der Waals surface area contributed by atoms with Crippen LogP contribution in [-0.4, -0.2) is 28.5 Å². The lowest BCUT2D eigenvalue weighted by atomic mass is 10.1. The molecule has 0 aromatic heterocycles. The summed E-state index contributed by atoms with van der Waals surface area (Å²) in [6.45, 7) is 2.08. The molecule has 1 aliphatic heterocycles. The van der Waals surface area contributed by atoms with Crippen molar-refractivity contribution in [2.75, 3.05) is 11.5 Å². The molecule has 1 saturated heterocycles. The van der Waals surface area contributed by atoms with Gasteiger partial charge in [0.05, 0.1) is 21.7 Å². The molecule has 38 heavy (non-hydrogen) atoms. The molecule has 4 rings (SSSR count). The van der Waals surface area contributed by atoms with Gasteiger partial charge in [-0.25, -0.2) is 9.29 Å². The molecule has 1 fully saturated rings. The zero-order chi connectivity index (χ0) is 27.4. The SMILES string of the molecule is CCOc1cc(/C=C2\C(=O)NC(=S)N(c3ccccc3F)C2=O)cc(Br)c1OCc1cccc([N+](=O)[O-])c1. The van der Waals surface area contributed by atoms with Gasteiger partial charge >= 0.3 is 0 Å². The fourth-order valence-electron chi connectivity index (χ4n) is 3.67. The predicted octanol–water partition coefficient (Wildman–Crippen LogP) is 5.31. The summed E-state index contributed by atoms with van der Waals surface area (Å²) in [5, 5.41) is 13.2. The molecule has 1 heterocycles. The number of rotatable bonds is 8. The summed E-state index contributed by atoms with van der Waals surface area (Å²) in [4.78, 5) is 37.4. The fraction of sp³-hybridized carbons (Fsp3) is 0.115. The van der Waals surface area contributed by atoms with Gasteiger partial charge in [0, 0.05) is 12.1 Å². The van der Waals surface area contributed by atoms with Gasteiger partial charge in [-0.05, 0) is 76.5 Å². The molecule has 1 N–H and O–H groups in total. The highest BCUT2D eigenvalue weighted by Crippen LogP contribution is 2.38.